The van der Waals surface area contributed by atoms with Gasteiger partial charge in [-0.25, -0.2) is 0 Å². The lowest BCUT2D eigenvalue weighted by molar-refractivity contribution is -0.898. The van der Waals surface area contributed by atoms with Crippen LogP contribution in [0.15, 0.2) is 24.6 Å². The van der Waals surface area contributed by atoms with Crippen LogP contribution in [0.25, 0.3) is 0 Å². The minimum Gasteiger partial charge on any atom is -0.351 e. The van der Waals surface area contributed by atoms with Gasteiger partial charge < -0.3 is 10.6 Å². The molecular weight excluding hydrogens is 322 g/mol. The minimum absolute atomic E-state index is 0.0614. The van der Waals surface area contributed by atoms with Crippen LogP contribution in [-0.4, -0.2) is 36.2 Å². The number of likely N-dealkylation sites (N-methyl/N-ethyl adjacent to an activating group) is 1. The zero-order valence-corrected chi connectivity index (χ0v) is 17.4. The molecule has 1 aliphatic heterocycles. The van der Waals surface area contributed by atoms with Gasteiger partial charge in [0.1, 0.15) is 12.7 Å². The van der Waals surface area contributed by atoms with E-state index in [1.54, 1.807) is 6.92 Å². The lowest BCUT2D eigenvalue weighted by Crippen LogP contribution is -2.55. The summed E-state index contributed by atoms with van der Waals surface area (Å²) in [6, 6.07) is 0. The van der Waals surface area contributed by atoms with E-state index < -0.39 is 0 Å². The van der Waals surface area contributed by atoms with Crippen molar-refractivity contribution in [3.63, 3.8) is 0 Å². The van der Waals surface area contributed by atoms with E-state index in [-0.39, 0.29) is 5.91 Å². The molecule has 26 heavy (non-hydrogen) atoms. The van der Waals surface area contributed by atoms with Gasteiger partial charge in [-0.3, -0.25) is 9.28 Å². The fourth-order valence-corrected chi connectivity index (χ4v) is 3.75. The topological polar surface area (TPSA) is 41.1 Å². The Morgan fingerprint density at radius 3 is 2.42 bits per heavy atom. The molecule has 0 aromatic rings. The summed E-state index contributed by atoms with van der Waals surface area (Å²) in [7, 11) is 0. The SMILES string of the molecule is CCCCC/C=C/CCCCCCC1NC=C[N+]1(CC)CCNC(C)=O. The van der Waals surface area contributed by atoms with E-state index in [1.165, 1.54) is 64.2 Å². The van der Waals surface area contributed by atoms with Gasteiger partial charge in [0.05, 0.1) is 19.3 Å². The monoisotopic (exact) mass is 364 g/mol. The number of unbranched alkanes of at least 4 members (excludes halogenated alkanes) is 7. The Morgan fingerprint density at radius 2 is 1.77 bits per heavy atom. The first-order valence-corrected chi connectivity index (χ1v) is 10.8. The maximum Gasteiger partial charge on any atom is 0.217 e. The number of carbonyl (C=O) groups excluding carboxylic acids is 1. The van der Waals surface area contributed by atoms with Crippen LogP contribution in [0.2, 0.25) is 0 Å². The van der Waals surface area contributed by atoms with Gasteiger partial charge in [0.15, 0.2) is 6.17 Å². The molecule has 2 N–H and O–H groups in total. The van der Waals surface area contributed by atoms with Crippen molar-refractivity contribution in [2.24, 2.45) is 0 Å². The Kier molecular flexibility index (Phi) is 12.1. The summed E-state index contributed by atoms with van der Waals surface area (Å²) >= 11 is 0. The lowest BCUT2D eigenvalue weighted by atomic mass is 10.1. The largest absolute Gasteiger partial charge is 0.351 e. The third kappa shape index (κ3) is 8.88. The minimum atomic E-state index is 0.0614. The quantitative estimate of drug-likeness (QED) is 0.248. The molecule has 0 aromatic heterocycles. The van der Waals surface area contributed by atoms with E-state index in [2.05, 4.69) is 49.0 Å². The zero-order valence-electron chi connectivity index (χ0n) is 17.4. The van der Waals surface area contributed by atoms with Gasteiger partial charge in [0.25, 0.3) is 0 Å². The molecule has 1 rings (SSSR count). The number of hydrogen-bond donors (Lipinski definition) is 2. The third-order valence-electron chi connectivity index (χ3n) is 5.51. The highest BCUT2D eigenvalue weighted by molar-refractivity contribution is 5.72. The maximum atomic E-state index is 11.1. The van der Waals surface area contributed by atoms with Gasteiger partial charge in [0.2, 0.25) is 5.91 Å². The van der Waals surface area contributed by atoms with Gasteiger partial charge >= 0.3 is 0 Å². The van der Waals surface area contributed by atoms with Crippen LogP contribution in [0.1, 0.15) is 85.0 Å². The summed E-state index contributed by atoms with van der Waals surface area (Å²) in [4.78, 5) is 11.1. The Morgan fingerprint density at radius 1 is 1.08 bits per heavy atom. The van der Waals surface area contributed by atoms with Crippen molar-refractivity contribution in [3.05, 3.63) is 24.6 Å². The molecule has 0 radical (unpaired) electrons. The smallest absolute Gasteiger partial charge is 0.217 e. The van der Waals surface area contributed by atoms with Crippen molar-refractivity contribution in [1.82, 2.24) is 10.6 Å². The molecular formula is C22H42N3O+. The standard InChI is InChI=1S/C22H41N3O/c1-4-6-7-8-9-10-11-12-13-14-15-16-22-24-18-20-25(22,5-2)19-17-23-21(3)26/h9-10,18,20,22,24H,4-8,11-17,19H2,1-3H3/p+1/b10-9+. The zero-order chi connectivity index (χ0) is 19.1. The van der Waals surface area contributed by atoms with Crippen LogP contribution in [0.5, 0.6) is 0 Å². The Bertz CT molecular complexity index is 433. The summed E-state index contributed by atoms with van der Waals surface area (Å²) in [5.41, 5.74) is 0. The van der Waals surface area contributed by atoms with Crippen molar-refractivity contribution in [2.75, 3.05) is 19.6 Å². The molecule has 150 valence electrons. The highest BCUT2D eigenvalue weighted by Crippen LogP contribution is 2.22. The first-order valence-electron chi connectivity index (χ1n) is 10.8. The number of carbonyl (C=O) groups is 1. The molecule has 0 saturated carbocycles. The summed E-state index contributed by atoms with van der Waals surface area (Å²) in [5, 5.41) is 6.48. The highest BCUT2D eigenvalue weighted by Gasteiger charge is 2.36. The molecule has 0 spiro atoms. The van der Waals surface area contributed by atoms with Crippen molar-refractivity contribution in [3.8, 4) is 0 Å². The van der Waals surface area contributed by atoms with E-state index in [1.807, 2.05) is 0 Å². The Labute approximate surface area is 161 Å². The number of rotatable bonds is 15. The predicted molar refractivity (Wildman–Crippen MR) is 111 cm³/mol. The summed E-state index contributed by atoms with van der Waals surface area (Å²) in [5.74, 6) is 0.0614. The molecule has 1 amide bonds. The van der Waals surface area contributed by atoms with Crippen LogP contribution in [-0.2, 0) is 4.79 Å². The van der Waals surface area contributed by atoms with Crippen molar-refractivity contribution >= 4 is 5.91 Å². The first-order chi connectivity index (χ1) is 12.6. The van der Waals surface area contributed by atoms with Gasteiger partial charge in [-0.05, 0) is 39.0 Å². The molecule has 2 unspecified atom stereocenters. The number of nitrogens with one attached hydrogen (secondary N) is 2. The summed E-state index contributed by atoms with van der Waals surface area (Å²) in [6.07, 6.45) is 22.5. The van der Waals surface area contributed by atoms with E-state index >= 15 is 0 Å². The lowest BCUT2D eigenvalue weighted by Gasteiger charge is -2.37. The molecule has 4 heteroatoms. The van der Waals surface area contributed by atoms with E-state index in [9.17, 15) is 4.79 Å². The van der Waals surface area contributed by atoms with Gasteiger partial charge in [-0.1, -0.05) is 44.8 Å². The number of amides is 1. The summed E-state index contributed by atoms with van der Waals surface area (Å²) < 4.78 is 0.945. The van der Waals surface area contributed by atoms with Gasteiger partial charge in [-0.2, -0.15) is 0 Å². The average Bonchev–Trinajstić information content (AvgIpc) is 3.02. The number of allylic oxidation sites excluding steroid dienone is 2. The van der Waals surface area contributed by atoms with Crippen LogP contribution >= 0.6 is 0 Å². The number of nitrogens with zero attached hydrogens (tertiary/aromatic N) is 1. The third-order valence-corrected chi connectivity index (χ3v) is 5.51. The normalized spacial score (nSPS) is 22.0. The van der Waals surface area contributed by atoms with Crippen LogP contribution in [0.3, 0.4) is 0 Å². The highest BCUT2D eigenvalue weighted by atomic mass is 16.1. The average molecular weight is 365 g/mol. The molecule has 1 heterocycles. The fraction of sp³-hybridized carbons (Fsp3) is 0.773. The van der Waals surface area contributed by atoms with Gasteiger partial charge in [0, 0.05) is 13.3 Å². The summed E-state index contributed by atoms with van der Waals surface area (Å²) in [6.45, 7) is 8.87. The second kappa shape index (κ2) is 13.9. The van der Waals surface area contributed by atoms with Crippen molar-refractivity contribution in [1.29, 1.82) is 0 Å². The molecule has 1 aliphatic rings. The molecule has 4 nitrogen and oxygen atoms in total. The van der Waals surface area contributed by atoms with E-state index in [0.717, 1.165) is 24.1 Å². The molecule has 0 aliphatic carbocycles. The molecule has 0 bridgehead atoms. The van der Waals surface area contributed by atoms with Crippen molar-refractivity contribution < 1.29 is 9.28 Å². The van der Waals surface area contributed by atoms with Crippen LogP contribution < -0.4 is 10.6 Å². The Balaban J connectivity index is 2.14. The van der Waals surface area contributed by atoms with E-state index in [0.29, 0.717) is 6.17 Å². The number of hydrogen-bond acceptors (Lipinski definition) is 2. The molecule has 0 fully saturated rings. The Hall–Kier alpha value is -1.29. The molecule has 0 aromatic carbocycles. The van der Waals surface area contributed by atoms with Crippen LogP contribution in [0.4, 0.5) is 0 Å². The molecule has 0 saturated heterocycles. The second-order valence-corrected chi connectivity index (χ2v) is 7.58. The van der Waals surface area contributed by atoms with Crippen LogP contribution in [0, 0.1) is 0 Å². The molecule has 2 atom stereocenters. The predicted octanol–water partition coefficient (Wildman–Crippen LogP) is 4.84. The van der Waals surface area contributed by atoms with Gasteiger partial charge in [-0.15, -0.1) is 0 Å². The first kappa shape index (κ1) is 22.8. The second-order valence-electron chi connectivity index (χ2n) is 7.58. The fourth-order valence-electron chi connectivity index (χ4n) is 3.75. The van der Waals surface area contributed by atoms with Crippen molar-refractivity contribution in [2.45, 2.75) is 91.1 Å². The maximum absolute atomic E-state index is 11.1. The number of quaternary nitrogens is 1. The van der Waals surface area contributed by atoms with E-state index in [4.69, 9.17) is 0 Å².